The average Bonchev–Trinajstić information content (AvgIpc) is 2.37. The van der Waals surface area contributed by atoms with Gasteiger partial charge in [-0.3, -0.25) is 0 Å². The van der Waals surface area contributed by atoms with Crippen LogP contribution in [0.3, 0.4) is 0 Å². The van der Waals surface area contributed by atoms with Gasteiger partial charge in [0.2, 0.25) is 10.0 Å². The van der Waals surface area contributed by atoms with Crippen molar-refractivity contribution in [3.8, 4) is 0 Å². The van der Waals surface area contributed by atoms with E-state index in [0.717, 1.165) is 12.0 Å². The first-order chi connectivity index (χ1) is 8.47. The molecule has 102 valence electrons. The van der Waals surface area contributed by atoms with E-state index in [9.17, 15) is 13.5 Å². The predicted octanol–water partition coefficient (Wildman–Crippen LogP) is 1.78. The second kappa shape index (κ2) is 6.87. The van der Waals surface area contributed by atoms with Gasteiger partial charge in [-0.1, -0.05) is 43.7 Å². The van der Waals surface area contributed by atoms with Gasteiger partial charge < -0.3 is 5.11 Å². The molecule has 0 spiro atoms. The highest BCUT2D eigenvalue weighted by Crippen LogP contribution is 2.15. The molecule has 1 N–H and O–H groups in total. The van der Waals surface area contributed by atoms with Gasteiger partial charge in [-0.15, -0.1) is 0 Å². The molecule has 5 heteroatoms. The zero-order valence-corrected chi connectivity index (χ0v) is 11.7. The molecule has 4 nitrogen and oxygen atoms in total. The third kappa shape index (κ3) is 4.40. The van der Waals surface area contributed by atoms with Crippen molar-refractivity contribution >= 4 is 10.0 Å². The van der Waals surface area contributed by atoms with Crippen LogP contribution in [0.4, 0.5) is 0 Å². The molecular formula is C13H21NO3S. The van der Waals surface area contributed by atoms with Gasteiger partial charge >= 0.3 is 0 Å². The number of hydrogen-bond donors (Lipinski definition) is 1. The Morgan fingerprint density at radius 2 is 1.89 bits per heavy atom. The van der Waals surface area contributed by atoms with Crippen molar-refractivity contribution in [3.63, 3.8) is 0 Å². The van der Waals surface area contributed by atoms with Crippen molar-refractivity contribution in [1.82, 2.24) is 4.31 Å². The zero-order valence-electron chi connectivity index (χ0n) is 10.9. The third-order valence-electron chi connectivity index (χ3n) is 2.85. The Balaban J connectivity index is 2.62. The molecule has 1 atom stereocenters. The van der Waals surface area contributed by atoms with Crippen LogP contribution in [0.15, 0.2) is 30.3 Å². The van der Waals surface area contributed by atoms with Crippen LogP contribution >= 0.6 is 0 Å². The molecule has 0 aliphatic carbocycles. The van der Waals surface area contributed by atoms with Crippen LogP contribution in [0.1, 0.15) is 31.4 Å². The van der Waals surface area contributed by atoms with E-state index >= 15 is 0 Å². The second-order valence-corrected chi connectivity index (χ2v) is 6.57. The van der Waals surface area contributed by atoms with Crippen molar-refractivity contribution < 1.29 is 13.5 Å². The van der Waals surface area contributed by atoms with Crippen LogP contribution in [-0.2, 0) is 10.0 Å². The van der Waals surface area contributed by atoms with Crippen molar-refractivity contribution in [2.75, 3.05) is 19.3 Å². The van der Waals surface area contributed by atoms with E-state index in [2.05, 4.69) is 0 Å². The third-order valence-corrected chi connectivity index (χ3v) is 4.75. The number of hydrogen-bond acceptors (Lipinski definition) is 3. The minimum Gasteiger partial charge on any atom is -0.387 e. The van der Waals surface area contributed by atoms with E-state index in [1.165, 1.54) is 11.4 Å². The Kier molecular flexibility index (Phi) is 5.78. The van der Waals surface area contributed by atoms with E-state index in [0.29, 0.717) is 6.42 Å². The van der Waals surface area contributed by atoms with Gasteiger partial charge in [-0.05, 0) is 12.0 Å². The lowest BCUT2D eigenvalue weighted by molar-refractivity contribution is 0.155. The molecule has 1 rings (SSSR count). The first-order valence-electron chi connectivity index (χ1n) is 6.14. The van der Waals surface area contributed by atoms with Crippen LogP contribution in [0, 0.1) is 0 Å². The molecule has 0 aliphatic rings. The predicted molar refractivity (Wildman–Crippen MR) is 72.7 cm³/mol. The fourth-order valence-corrected chi connectivity index (χ4v) is 2.95. The number of likely N-dealkylation sites (N-methyl/N-ethyl adjacent to an activating group) is 1. The van der Waals surface area contributed by atoms with Gasteiger partial charge in [-0.2, -0.15) is 0 Å². The molecule has 0 saturated heterocycles. The summed E-state index contributed by atoms with van der Waals surface area (Å²) in [5.74, 6) is 0.140. The Labute approximate surface area is 109 Å². The molecule has 0 fully saturated rings. The number of rotatable bonds is 7. The summed E-state index contributed by atoms with van der Waals surface area (Å²) in [5.41, 5.74) is 0.732. The Hall–Kier alpha value is -0.910. The number of nitrogens with zero attached hydrogens (tertiary/aromatic N) is 1. The number of aliphatic hydroxyl groups excluding tert-OH is 1. The molecule has 0 bridgehead atoms. The van der Waals surface area contributed by atoms with Crippen molar-refractivity contribution in [1.29, 1.82) is 0 Å². The van der Waals surface area contributed by atoms with Crippen molar-refractivity contribution in [3.05, 3.63) is 35.9 Å². The molecule has 1 aromatic rings. The van der Waals surface area contributed by atoms with E-state index in [1.807, 2.05) is 25.1 Å². The monoisotopic (exact) mass is 271 g/mol. The van der Waals surface area contributed by atoms with Crippen LogP contribution < -0.4 is 0 Å². The normalized spacial score (nSPS) is 13.8. The summed E-state index contributed by atoms with van der Waals surface area (Å²) < 4.78 is 25.0. The smallest absolute Gasteiger partial charge is 0.213 e. The largest absolute Gasteiger partial charge is 0.387 e. The van der Waals surface area contributed by atoms with Gasteiger partial charge in [0, 0.05) is 13.6 Å². The highest BCUT2D eigenvalue weighted by Gasteiger charge is 2.20. The lowest BCUT2D eigenvalue weighted by Crippen LogP contribution is -2.33. The average molecular weight is 271 g/mol. The standard InChI is InChI=1S/C13H21NO3S/c1-3-4-10-18(16,17)14(2)11-13(15)12-8-6-5-7-9-12/h5-9,13,15H,3-4,10-11H2,1-2H3. The highest BCUT2D eigenvalue weighted by atomic mass is 32.2. The molecule has 0 heterocycles. The van der Waals surface area contributed by atoms with Gasteiger partial charge in [-0.25, -0.2) is 12.7 Å². The molecule has 0 radical (unpaired) electrons. The van der Waals surface area contributed by atoms with Crippen molar-refractivity contribution in [2.24, 2.45) is 0 Å². The summed E-state index contributed by atoms with van der Waals surface area (Å²) in [6, 6.07) is 9.08. The quantitative estimate of drug-likeness (QED) is 0.822. The number of aliphatic hydroxyl groups is 1. The Bertz CT molecular complexity index is 445. The summed E-state index contributed by atoms with van der Waals surface area (Å²) in [5, 5.41) is 9.97. The van der Waals surface area contributed by atoms with Gasteiger partial charge in [0.15, 0.2) is 0 Å². The molecular weight excluding hydrogens is 250 g/mol. The van der Waals surface area contributed by atoms with E-state index < -0.39 is 16.1 Å². The Morgan fingerprint density at radius 1 is 1.28 bits per heavy atom. The van der Waals surface area contributed by atoms with Crippen molar-refractivity contribution in [2.45, 2.75) is 25.9 Å². The zero-order chi connectivity index (χ0) is 13.6. The van der Waals surface area contributed by atoms with Gasteiger partial charge in [0.25, 0.3) is 0 Å². The highest BCUT2D eigenvalue weighted by molar-refractivity contribution is 7.89. The fraction of sp³-hybridized carbons (Fsp3) is 0.538. The second-order valence-electron chi connectivity index (χ2n) is 4.38. The molecule has 0 aliphatic heterocycles. The molecule has 0 aromatic heterocycles. The van der Waals surface area contributed by atoms with E-state index in [-0.39, 0.29) is 12.3 Å². The summed E-state index contributed by atoms with van der Waals surface area (Å²) in [6.07, 6.45) is 0.704. The maximum absolute atomic E-state index is 11.9. The SMILES string of the molecule is CCCCS(=O)(=O)N(C)CC(O)c1ccccc1. The number of sulfonamides is 1. The molecule has 18 heavy (non-hydrogen) atoms. The van der Waals surface area contributed by atoms with Crippen LogP contribution in [0.25, 0.3) is 0 Å². The van der Waals surface area contributed by atoms with E-state index in [1.54, 1.807) is 12.1 Å². The molecule has 0 saturated carbocycles. The van der Waals surface area contributed by atoms with Gasteiger partial charge in [0.05, 0.1) is 11.9 Å². The molecule has 1 aromatic carbocycles. The maximum atomic E-state index is 11.9. The minimum absolute atomic E-state index is 0.0933. The van der Waals surface area contributed by atoms with Gasteiger partial charge in [0.1, 0.15) is 0 Å². The number of unbranched alkanes of at least 4 members (excludes halogenated alkanes) is 1. The summed E-state index contributed by atoms with van der Waals surface area (Å²) in [7, 11) is -1.74. The summed E-state index contributed by atoms with van der Waals surface area (Å²) >= 11 is 0. The first kappa shape index (κ1) is 15.1. The topological polar surface area (TPSA) is 57.6 Å². The fourth-order valence-electron chi connectivity index (χ4n) is 1.62. The van der Waals surface area contributed by atoms with E-state index in [4.69, 9.17) is 0 Å². The minimum atomic E-state index is -3.25. The van der Waals surface area contributed by atoms with Crippen LogP contribution in [-0.4, -0.2) is 37.2 Å². The summed E-state index contributed by atoms with van der Waals surface area (Å²) in [6.45, 7) is 2.05. The van der Waals surface area contributed by atoms with Crippen LogP contribution in [0.2, 0.25) is 0 Å². The molecule has 1 unspecified atom stereocenters. The summed E-state index contributed by atoms with van der Waals surface area (Å²) in [4.78, 5) is 0. The number of benzene rings is 1. The maximum Gasteiger partial charge on any atom is 0.213 e. The lowest BCUT2D eigenvalue weighted by atomic mass is 10.1. The Morgan fingerprint density at radius 3 is 2.44 bits per heavy atom. The first-order valence-corrected chi connectivity index (χ1v) is 7.75. The molecule has 0 amide bonds. The lowest BCUT2D eigenvalue weighted by Gasteiger charge is -2.20. The van der Waals surface area contributed by atoms with Crippen LogP contribution in [0.5, 0.6) is 0 Å².